The first kappa shape index (κ1) is 13.6. The van der Waals surface area contributed by atoms with Gasteiger partial charge in [-0.15, -0.1) is 0 Å². The highest BCUT2D eigenvalue weighted by Crippen LogP contribution is 2.20. The maximum absolute atomic E-state index is 5.89. The van der Waals surface area contributed by atoms with Crippen LogP contribution >= 0.6 is 0 Å². The van der Waals surface area contributed by atoms with E-state index in [0.717, 1.165) is 31.2 Å². The molecule has 0 amide bonds. The average Bonchev–Trinajstić information content (AvgIpc) is 2.88. The van der Waals surface area contributed by atoms with Crippen LogP contribution in [0.3, 0.4) is 0 Å². The van der Waals surface area contributed by atoms with Crippen molar-refractivity contribution in [3.8, 4) is 0 Å². The second-order valence-corrected chi connectivity index (χ2v) is 5.49. The normalized spacial score (nSPS) is 21.1. The third-order valence-corrected chi connectivity index (χ3v) is 3.77. The Balaban J connectivity index is 1.92. The molecule has 1 saturated heterocycles. The number of nitrogens with zero attached hydrogens (tertiary/aromatic N) is 2. The molecule has 1 aromatic rings. The Morgan fingerprint density at radius 2 is 2.28 bits per heavy atom. The van der Waals surface area contributed by atoms with Gasteiger partial charge in [-0.2, -0.15) is 0 Å². The lowest BCUT2D eigenvalue weighted by Gasteiger charge is -2.19. The molecule has 0 aromatic carbocycles. The van der Waals surface area contributed by atoms with Gasteiger partial charge in [-0.05, 0) is 46.1 Å². The highest BCUT2D eigenvalue weighted by Gasteiger charge is 2.24. The number of aryl methyl sites for hydroxylation is 1. The van der Waals surface area contributed by atoms with E-state index >= 15 is 0 Å². The van der Waals surface area contributed by atoms with E-state index in [-0.39, 0.29) is 0 Å². The van der Waals surface area contributed by atoms with Gasteiger partial charge in [0.2, 0.25) is 0 Å². The fourth-order valence-corrected chi connectivity index (χ4v) is 2.60. The summed E-state index contributed by atoms with van der Waals surface area (Å²) in [6.07, 6.45) is 1.26. The highest BCUT2D eigenvalue weighted by atomic mass is 16.3. The molecule has 1 fully saturated rings. The summed E-state index contributed by atoms with van der Waals surface area (Å²) in [7, 11) is 6.27. The minimum atomic E-state index is 0.692. The molecule has 102 valence electrons. The van der Waals surface area contributed by atoms with Crippen molar-refractivity contribution in [2.24, 2.45) is 0 Å². The molecule has 4 heteroatoms. The van der Waals surface area contributed by atoms with Crippen molar-refractivity contribution in [1.29, 1.82) is 0 Å². The van der Waals surface area contributed by atoms with Gasteiger partial charge in [0.25, 0.3) is 0 Å². The first-order chi connectivity index (χ1) is 8.60. The maximum atomic E-state index is 5.89. The molecule has 4 nitrogen and oxygen atoms in total. The molecule has 0 saturated carbocycles. The fourth-order valence-electron chi connectivity index (χ4n) is 2.60. The lowest BCUT2D eigenvalue weighted by molar-refractivity contribution is 0.250. The first-order valence-electron chi connectivity index (χ1n) is 6.71. The summed E-state index contributed by atoms with van der Waals surface area (Å²) in [5.41, 5.74) is 1.25. The summed E-state index contributed by atoms with van der Waals surface area (Å²) in [4.78, 5) is 4.80. The number of nitrogens with one attached hydrogen (secondary N) is 1. The van der Waals surface area contributed by atoms with Gasteiger partial charge in [0.15, 0.2) is 0 Å². The van der Waals surface area contributed by atoms with Crippen molar-refractivity contribution in [2.75, 3.05) is 34.2 Å². The van der Waals surface area contributed by atoms with Gasteiger partial charge < -0.3 is 14.6 Å². The Morgan fingerprint density at radius 1 is 1.50 bits per heavy atom. The minimum Gasteiger partial charge on any atom is -0.463 e. The molecule has 1 unspecified atom stereocenters. The zero-order valence-corrected chi connectivity index (χ0v) is 12.0. The summed E-state index contributed by atoms with van der Waals surface area (Å²) in [6.45, 7) is 6.19. The molecule has 1 atom stereocenters. The van der Waals surface area contributed by atoms with Crippen molar-refractivity contribution in [1.82, 2.24) is 15.1 Å². The van der Waals surface area contributed by atoms with E-state index in [1.165, 1.54) is 18.5 Å². The molecular formula is C14H25N3O. The van der Waals surface area contributed by atoms with E-state index < -0.39 is 0 Å². The molecule has 1 aliphatic rings. The van der Waals surface area contributed by atoms with Crippen LogP contribution in [0.1, 0.15) is 23.5 Å². The SMILES string of the molecule is CNCc1oc(CN2CCC(N(C)C)C2)cc1C. The third-order valence-electron chi connectivity index (χ3n) is 3.77. The van der Waals surface area contributed by atoms with Crippen molar-refractivity contribution in [3.05, 3.63) is 23.2 Å². The van der Waals surface area contributed by atoms with Crippen molar-refractivity contribution < 1.29 is 4.42 Å². The minimum absolute atomic E-state index is 0.692. The van der Waals surface area contributed by atoms with Crippen LogP contribution in [0.4, 0.5) is 0 Å². The van der Waals surface area contributed by atoms with E-state index in [2.05, 4.69) is 42.2 Å². The van der Waals surface area contributed by atoms with E-state index in [1.807, 2.05) is 7.05 Å². The van der Waals surface area contributed by atoms with Crippen LogP contribution in [-0.2, 0) is 13.1 Å². The molecule has 1 aliphatic heterocycles. The van der Waals surface area contributed by atoms with Crippen LogP contribution in [0, 0.1) is 6.92 Å². The van der Waals surface area contributed by atoms with E-state index in [4.69, 9.17) is 4.42 Å². The van der Waals surface area contributed by atoms with Crippen LogP contribution in [0.2, 0.25) is 0 Å². The van der Waals surface area contributed by atoms with E-state index in [0.29, 0.717) is 6.04 Å². The smallest absolute Gasteiger partial charge is 0.120 e. The van der Waals surface area contributed by atoms with Crippen LogP contribution in [0.25, 0.3) is 0 Å². The summed E-state index contributed by atoms with van der Waals surface area (Å²) in [5, 5.41) is 3.14. The van der Waals surface area contributed by atoms with Crippen LogP contribution in [0.5, 0.6) is 0 Å². The van der Waals surface area contributed by atoms with Crippen LogP contribution < -0.4 is 5.32 Å². The number of likely N-dealkylation sites (N-methyl/N-ethyl adjacent to an activating group) is 1. The molecule has 18 heavy (non-hydrogen) atoms. The maximum Gasteiger partial charge on any atom is 0.120 e. The van der Waals surface area contributed by atoms with Gasteiger partial charge in [0.05, 0.1) is 13.1 Å². The van der Waals surface area contributed by atoms with Gasteiger partial charge in [-0.1, -0.05) is 0 Å². The molecule has 1 aromatic heterocycles. The zero-order valence-electron chi connectivity index (χ0n) is 12.0. The molecule has 0 radical (unpaired) electrons. The zero-order chi connectivity index (χ0) is 13.1. The summed E-state index contributed by atoms with van der Waals surface area (Å²) >= 11 is 0. The number of hydrogen-bond acceptors (Lipinski definition) is 4. The van der Waals surface area contributed by atoms with Crippen molar-refractivity contribution in [3.63, 3.8) is 0 Å². The Morgan fingerprint density at radius 3 is 2.89 bits per heavy atom. The predicted octanol–water partition coefficient (Wildman–Crippen LogP) is 1.44. The number of furan rings is 1. The number of likely N-dealkylation sites (tertiary alicyclic amines) is 1. The highest BCUT2D eigenvalue weighted by molar-refractivity contribution is 5.20. The molecular weight excluding hydrogens is 226 g/mol. The summed E-state index contributed by atoms with van der Waals surface area (Å²) in [6, 6.07) is 2.87. The van der Waals surface area contributed by atoms with Crippen molar-refractivity contribution >= 4 is 0 Å². The Bertz CT molecular complexity index is 386. The largest absolute Gasteiger partial charge is 0.463 e. The van der Waals surface area contributed by atoms with E-state index in [1.54, 1.807) is 0 Å². The second kappa shape index (κ2) is 5.87. The monoisotopic (exact) mass is 251 g/mol. The predicted molar refractivity (Wildman–Crippen MR) is 73.6 cm³/mol. The second-order valence-electron chi connectivity index (χ2n) is 5.49. The fraction of sp³-hybridized carbons (Fsp3) is 0.714. The third kappa shape index (κ3) is 3.13. The molecule has 1 N–H and O–H groups in total. The standard InChI is InChI=1S/C14H25N3O/c1-11-7-13(18-14(11)8-15-2)10-17-6-5-12(9-17)16(3)4/h7,12,15H,5-6,8-10H2,1-4H3. The van der Waals surface area contributed by atoms with Gasteiger partial charge >= 0.3 is 0 Å². The topological polar surface area (TPSA) is 31.7 Å². The summed E-state index contributed by atoms with van der Waals surface area (Å²) < 4.78 is 5.89. The molecule has 0 spiro atoms. The molecule has 0 aliphatic carbocycles. The quantitative estimate of drug-likeness (QED) is 0.858. The van der Waals surface area contributed by atoms with Crippen LogP contribution in [0.15, 0.2) is 10.5 Å². The number of rotatable bonds is 5. The van der Waals surface area contributed by atoms with Gasteiger partial charge in [-0.3, -0.25) is 4.90 Å². The number of hydrogen-bond donors (Lipinski definition) is 1. The lowest BCUT2D eigenvalue weighted by Crippen LogP contribution is -2.31. The molecule has 2 heterocycles. The molecule has 0 bridgehead atoms. The Kier molecular flexibility index (Phi) is 4.43. The molecule has 2 rings (SSSR count). The Labute approximate surface area is 110 Å². The van der Waals surface area contributed by atoms with Gasteiger partial charge in [-0.25, -0.2) is 0 Å². The van der Waals surface area contributed by atoms with Crippen LogP contribution in [-0.4, -0.2) is 50.1 Å². The van der Waals surface area contributed by atoms with Gasteiger partial charge in [0, 0.05) is 19.1 Å². The van der Waals surface area contributed by atoms with Gasteiger partial charge in [0.1, 0.15) is 11.5 Å². The van der Waals surface area contributed by atoms with E-state index in [9.17, 15) is 0 Å². The summed E-state index contributed by atoms with van der Waals surface area (Å²) in [5.74, 6) is 2.16. The first-order valence-corrected chi connectivity index (χ1v) is 6.71. The average molecular weight is 251 g/mol. The van der Waals surface area contributed by atoms with Crippen molar-refractivity contribution in [2.45, 2.75) is 32.5 Å². The lowest BCUT2D eigenvalue weighted by atomic mass is 10.2. The Hall–Kier alpha value is -0.840.